The first-order valence-corrected chi connectivity index (χ1v) is 32.8. The highest BCUT2D eigenvalue weighted by atomic mass is 31.2. The molecule has 10 heteroatoms. The van der Waals surface area contributed by atoms with Gasteiger partial charge in [-0.1, -0.05) is 257 Å². The Labute approximate surface area is 479 Å². The van der Waals surface area contributed by atoms with Crippen molar-refractivity contribution in [1.82, 2.24) is 0 Å². The normalized spacial score (nSPS) is 14.1. The summed E-state index contributed by atoms with van der Waals surface area (Å²) in [4.78, 5) is 35.7. The number of hydrogen-bond acceptors (Lipinski definition) is 7. The number of hydrogen-bond donors (Lipinski definition) is 1. The molecule has 9 nitrogen and oxygen atoms in total. The van der Waals surface area contributed by atoms with Crippen molar-refractivity contribution in [2.24, 2.45) is 0 Å². The summed E-state index contributed by atoms with van der Waals surface area (Å²) in [6, 6.07) is 0. The molecule has 78 heavy (non-hydrogen) atoms. The van der Waals surface area contributed by atoms with Gasteiger partial charge in [-0.2, -0.15) is 0 Å². The summed E-state index contributed by atoms with van der Waals surface area (Å²) >= 11 is 0. The molecule has 446 valence electrons. The standard InChI is InChI=1S/C68H116NO8P/c1-6-8-10-12-14-16-18-20-22-24-25-26-27-28-29-30-31-32-33-34-35-36-37-38-39-40-41-42-43-45-47-49-51-53-55-57-59-61-68(71)77-66(65-76-78(72,73)75-63-62-69(3,4)5)64-74-67(70)60-58-56-54-52-50-48-46-44-23-21-19-17-15-13-11-9-7-2/h8-11,14-17,20-23,25-26,28-29,46,48,52,54,66H,6-7,12-13,18-19,24,27,30-45,47,49-51,53,55-65H2,1-5H3/p+1/b10-8-,11-9-,16-14-,17-15-,22-20-,23-21-,26-25-,29-28-,48-46-,54-52-. The molecule has 0 saturated carbocycles. The number of phosphoric ester groups is 1. The van der Waals surface area contributed by atoms with Crippen LogP contribution in [0, 0.1) is 0 Å². The van der Waals surface area contributed by atoms with E-state index in [1.54, 1.807) is 0 Å². The summed E-state index contributed by atoms with van der Waals surface area (Å²) in [5.74, 6) is -0.866. The Morgan fingerprint density at radius 1 is 0.397 bits per heavy atom. The van der Waals surface area contributed by atoms with Gasteiger partial charge in [-0.05, 0) is 96.3 Å². The number of unbranched alkanes of at least 4 members (excludes halogenated alkanes) is 22. The number of carbonyl (C=O) groups is 2. The van der Waals surface area contributed by atoms with E-state index < -0.39 is 32.5 Å². The fourth-order valence-electron chi connectivity index (χ4n) is 8.26. The van der Waals surface area contributed by atoms with Crippen molar-refractivity contribution < 1.29 is 42.1 Å². The molecule has 0 aliphatic heterocycles. The zero-order chi connectivity index (χ0) is 57.0. The molecule has 0 heterocycles. The van der Waals surface area contributed by atoms with Crippen molar-refractivity contribution in [1.29, 1.82) is 0 Å². The summed E-state index contributed by atoms with van der Waals surface area (Å²) in [6.07, 6.45) is 83.1. The van der Waals surface area contributed by atoms with E-state index in [1.165, 1.54) is 116 Å². The van der Waals surface area contributed by atoms with Gasteiger partial charge >= 0.3 is 19.8 Å². The molecule has 0 radical (unpaired) electrons. The third kappa shape index (κ3) is 61.6. The van der Waals surface area contributed by atoms with Gasteiger partial charge < -0.3 is 18.9 Å². The van der Waals surface area contributed by atoms with Gasteiger partial charge in [0.05, 0.1) is 27.7 Å². The number of quaternary nitrogens is 1. The van der Waals surface area contributed by atoms with Gasteiger partial charge in [0.25, 0.3) is 0 Å². The molecule has 0 aromatic carbocycles. The SMILES string of the molecule is CC/C=C\C/C=C\C/C=C\C/C=C\C/C=C\CCCCCCCCCCCCCCCCCCCCCCCC(=O)OC(COC(=O)CCC/C=C\C/C=C\C/C=C\C/C=C\C/C=C\CC)COP(=O)(O)OCC[N+](C)(C)C. The maximum Gasteiger partial charge on any atom is 0.472 e. The molecule has 0 fully saturated rings. The number of likely N-dealkylation sites (N-methyl/N-ethyl adjacent to an activating group) is 1. The molecular weight excluding hydrogens is 990 g/mol. The number of ether oxygens (including phenoxy) is 2. The van der Waals surface area contributed by atoms with Crippen LogP contribution in [0.3, 0.4) is 0 Å². The molecule has 0 aromatic rings. The van der Waals surface area contributed by atoms with E-state index in [9.17, 15) is 19.0 Å². The molecule has 0 spiro atoms. The molecule has 1 N–H and O–H groups in total. The van der Waals surface area contributed by atoms with Crippen molar-refractivity contribution >= 4 is 19.8 Å². The minimum atomic E-state index is -4.40. The van der Waals surface area contributed by atoms with Crippen molar-refractivity contribution in [3.63, 3.8) is 0 Å². The summed E-state index contributed by atoms with van der Waals surface area (Å²) in [7, 11) is 1.44. The first-order valence-electron chi connectivity index (χ1n) is 31.3. The van der Waals surface area contributed by atoms with Gasteiger partial charge in [-0.3, -0.25) is 18.6 Å². The van der Waals surface area contributed by atoms with E-state index in [4.69, 9.17) is 18.5 Å². The van der Waals surface area contributed by atoms with Gasteiger partial charge in [0.15, 0.2) is 6.10 Å². The van der Waals surface area contributed by atoms with Crippen molar-refractivity contribution in [2.75, 3.05) is 47.5 Å². The van der Waals surface area contributed by atoms with E-state index in [-0.39, 0.29) is 26.1 Å². The van der Waals surface area contributed by atoms with Crippen molar-refractivity contribution in [3.8, 4) is 0 Å². The number of phosphoric acid groups is 1. The van der Waals surface area contributed by atoms with Crippen LogP contribution in [-0.4, -0.2) is 74.9 Å². The Kier molecular flexibility index (Phi) is 55.4. The highest BCUT2D eigenvalue weighted by Gasteiger charge is 2.27. The van der Waals surface area contributed by atoms with Crippen LogP contribution in [0.15, 0.2) is 122 Å². The zero-order valence-electron chi connectivity index (χ0n) is 50.6. The number of nitrogens with zero attached hydrogens (tertiary/aromatic N) is 1. The lowest BCUT2D eigenvalue weighted by Crippen LogP contribution is -2.37. The van der Waals surface area contributed by atoms with Crippen molar-refractivity contribution in [3.05, 3.63) is 122 Å². The van der Waals surface area contributed by atoms with E-state index in [2.05, 4.69) is 135 Å². The molecule has 0 aliphatic carbocycles. The average molecular weight is 1110 g/mol. The van der Waals surface area contributed by atoms with Crippen LogP contribution < -0.4 is 0 Å². The van der Waals surface area contributed by atoms with Gasteiger partial charge in [0, 0.05) is 12.8 Å². The third-order valence-corrected chi connectivity index (χ3v) is 14.0. The van der Waals surface area contributed by atoms with Gasteiger partial charge in [0.2, 0.25) is 0 Å². The fraction of sp³-hybridized carbons (Fsp3) is 0.676. The predicted molar refractivity (Wildman–Crippen MR) is 334 cm³/mol. The van der Waals surface area contributed by atoms with Gasteiger partial charge in [-0.15, -0.1) is 0 Å². The van der Waals surface area contributed by atoms with Crippen LogP contribution in [0.2, 0.25) is 0 Å². The fourth-order valence-corrected chi connectivity index (χ4v) is 9.00. The quantitative estimate of drug-likeness (QED) is 0.0211. The molecular formula is C68H117NO8P+. The second-order valence-electron chi connectivity index (χ2n) is 21.7. The minimum absolute atomic E-state index is 0.0187. The average Bonchev–Trinajstić information content (AvgIpc) is 3.41. The number of rotatable bonds is 56. The van der Waals surface area contributed by atoms with E-state index in [1.807, 2.05) is 21.1 Å². The molecule has 0 aromatic heterocycles. The Morgan fingerprint density at radius 2 is 0.705 bits per heavy atom. The minimum Gasteiger partial charge on any atom is -0.462 e. The molecule has 0 aliphatic rings. The van der Waals surface area contributed by atoms with Crippen LogP contribution >= 0.6 is 7.82 Å². The lowest BCUT2D eigenvalue weighted by Gasteiger charge is -2.24. The lowest BCUT2D eigenvalue weighted by atomic mass is 10.0. The third-order valence-electron chi connectivity index (χ3n) is 13.0. The summed E-state index contributed by atoms with van der Waals surface area (Å²) in [5.41, 5.74) is 0. The van der Waals surface area contributed by atoms with Crippen molar-refractivity contribution in [2.45, 2.75) is 251 Å². The molecule has 0 amide bonds. The Balaban J connectivity index is 4.04. The van der Waals surface area contributed by atoms with Gasteiger partial charge in [-0.25, -0.2) is 4.57 Å². The molecule has 0 saturated heterocycles. The Morgan fingerprint density at radius 3 is 1.06 bits per heavy atom. The van der Waals surface area contributed by atoms with Crippen LogP contribution in [0.1, 0.15) is 245 Å². The highest BCUT2D eigenvalue weighted by molar-refractivity contribution is 7.47. The summed E-state index contributed by atoms with van der Waals surface area (Å²) < 4.78 is 34.5. The highest BCUT2D eigenvalue weighted by Crippen LogP contribution is 2.43. The first kappa shape index (κ1) is 74.4. The summed E-state index contributed by atoms with van der Waals surface area (Å²) in [5, 5.41) is 0. The topological polar surface area (TPSA) is 108 Å². The monoisotopic (exact) mass is 1110 g/mol. The van der Waals surface area contributed by atoms with Crippen LogP contribution in [0.4, 0.5) is 0 Å². The van der Waals surface area contributed by atoms with E-state index in [0.29, 0.717) is 23.9 Å². The van der Waals surface area contributed by atoms with E-state index in [0.717, 1.165) is 89.9 Å². The number of carbonyl (C=O) groups excluding carboxylic acids is 2. The second kappa shape index (κ2) is 58.1. The molecule has 2 atom stereocenters. The smallest absolute Gasteiger partial charge is 0.462 e. The Hall–Kier alpha value is -3.59. The maximum absolute atomic E-state index is 12.8. The number of allylic oxidation sites excluding steroid dienone is 20. The maximum atomic E-state index is 12.8. The molecule has 0 rings (SSSR count). The molecule has 2 unspecified atom stereocenters. The van der Waals surface area contributed by atoms with E-state index >= 15 is 0 Å². The lowest BCUT2D eigenvalue weighted by molar-refractivity contribution is -0.870. The van der Waals surface area contributed by atoms with Gasteiger partial charge in [0.1, 0.15) is 19.8 Å². The Bertz CT molecular complexity index is 1730. The molecule has 0 bridgehead atoms. The van der Waals surface area contributed by atoms with Crippen LogP contribution in [0.5, 0.6) is 0 Å². The number of esters is 2. The predicted octanol–water partition coefficient (Wildman–Crippen LogP) is 19.9. The summed E-state index contributed by atoms with van der Waals surface area (Å²) in [6.45, 7) is 4.14. The largest absolute Gasteiger partial charge is 0.472 e. The first-order chi connectivity index (χ1) is 38.0. The zero-order valence-corrected chi connectivity index (χ0v) is 51.5. The second-order valence-corrected chi connectivity index (χ2v) is 23.1. The van der Waals surface area contributed by atoms with Crippen LogP contribution in [-0.2, 0) is 32.7 Å². The van der Waals surface area contributed by atoms with Crippen LogP contribution in [0.25, 0.3) is 0 Å².